The number of hydrogen-bond donors (Lipinski definition) is 7. The first kappa shape index (κ1) is 27.2. The number of aliphatic hydroxyl groups is 1. The Bertz CT molecular complexity index is 943. The molecule has 1 saturated heterocycles. The van der Waals surface area contributed by atoms with Gasteiger partial charge in [-0.25, -0.2) is 13.7 Å². The number of alkyl halides is 2. The predicted molar refractivity (Wildman–Crippen MR) is 99.8 cm³/mol. The molecule has 0 amide bonds. The van der Waals surface area contributed by atoms with Gasteiger partial charge in [0.05, 0.1) is 12.8 Å². The van der Waals surface area contributed by atoms with Crippen LogP contribution in [-0.2, 0) is 31.6 Å². The molecule has 184 valence electrons. The van der Waals surface area contributed by atoms with E-state index in [2.05, 4.69) is 31.6 Å². The van der Waals surface area contributed by atoms with Gasteiger partial charge in [0.25, 0.3) is 0 Å². The molecule has 0 spiro atoms. The lowest BCUT2D eigenvalue weighted by molar-refractivity contribution is -0.152. The molecule has 0 bridgehead atoms. The summed E-state index contributed by atoms with van der Waals surface area (Å²) >= 11 is 0. The molecule has 0 aromatic heterocycles. The number of rotatable bonds is 9. The quantitative estimate of drug-likeness (QED) is 0.151. The molecular weight excluding hydrogens is 509 g/mol. The van der Waals surface area contributed by atoms with E-state index < -0.39 is 60.1 Å². The Morgan fingerprint density at radius 1 is 1.25 bits per heavy atom. The smallest absolute Gasteiger partial charge is 0.383 e. The van der Waals surface area contributed by atoms with Crippen LogP contribution in [-0.4, -0.2) is 66.2 Å². The van der Waals surface area contributed by atoms with Crippen molar-refractivity contribution in [3.05, 3.63) is 37.3 Å². The van der Waals surface area contributed by atoms with Crippen molar-refractivity contribution in [2.45, 2.75) is 30.0 Å². The lowest BCUT2D eigenvalue weighted by Gasteiger charge is -2.36. The zero-order valence-corrected chi connectivity index (χ0v) is 18.5. The summed E-state index contributed by atoms with van der Waals surface area (Å²) in [5, 5.41) is 12.7. The topological polar surface area (TPSA) is 231 Å². The molecule has 2 aliphatic heterocycles. The van der Waals surface area contributed by atoms with Crippen molar-refractivity contribution >= 4 is 23.5 Å². The molecule has 0 radical (unpaired) electrons. The highest BCUT2D eigenvalue weighted by molar-refractivity contribution is 7.66. The minimum Gasteiger partial charge on any atom is -0.383 e. The second-order valence-electron chi connectivity index (χ2n) is 6.44. The Morgan fingerprint density at radius 3 is 2.34 bits per heavy atom. The molecule has 2 aliphatic rings. The molecule has 20 heteroatoms. The highest BCUT2D eigenvalue weighted by Gasteiger charge is 2.67. The van der Waals surface area contributed by atoms with Gasteiger partial charge in [-0.2, -0.15) is 17.4 Å². The van der Waals surface area contributed by atoms with E-state index in [-0.39, 0.29) is 5.82 Å². The Morgan fingerprint density at radius 2 is 1.84 bits per heavy atom. The van der Waals surface area contributed by atoms with Crippen molar-refractivity contribution in [1.29, 1.82) is 0 Å². The SMILES string of the molecule is C=C[C@]1(COP(=O)(O)OP(=O)(O)OP(=O)(O)O)O[C@@H](N2C=CC(N)NC2=C)C(F)(F)[C@@H]1O. The highest BCUT2D eigenvalue weighted by atomic mass is 31.3. The van der Waals surface area contributed by atoms with Gasteiger partial charge in [0, 0.05) is 6.20 Å². The number of nitrogens with zero attached hydrogens (tertiary/aromatic N) is 1. The van der Waals surface area contributed by atoms with Crippen molar-refractivity contribution in [3.63, 3.8) is 0 Å². The minimum atomic E-state index is -5.84. The number of phosphoric acid groups is 3. The predicted octanol–water partition coefficient (Wildman–Crippen LogP) is -0.218. The first-order valence-corrected chi connectivity index (χ1v) is 12.7. The van der Waals surface area contributed by atoms with Gasteiger partial charge in [0.15, 0.2) is 6.10 Å². The summed E-state index contributed by atoms with van der Waals surface area (Å²) in [5.74, 6) is -4.19. The zero-order chi connectivity index (χ0) is 24.8. The van der Waals surface area contributed by atoms with E-state index in [0.717, 1.165) is 11.1 Å². The van der Waals surface area contributed by atoms with E-state index in [1.807, 2.05) is 0 Å². The average molecular weight is 529 g/mol. The number of nitrogens with two attached hydrogens (primary N) is 1. The number of hydrogen-bond acceptors (Lipinski definition) is 11. The second-order valence-corrected chi connectivity index (χ2v) is 10.9. The zero-order valence-electron chi connectivity index (χ0n) is 15.8. The van der Waals surface area contributed by atoms with Crippen LogP contribution in [0.25, 0.3) is 0 Å². The third-order valence-corrected chi connectivity index (χ3v) is 7.84. The third-order valence-electron chi connectivity index (χ3n) is 4.05. The summed E-state index contributed by atoms with van der Waals surface area (Å²) in [5.41, 5.74) is 3.01. The van der Waals surface area contributed by atoms with Crippen LogP contribution in [0.2, 0.25) is 0 Å². The number of aliphatic hydroxyl groups excluding tert-OH is 1. The number of nitrogens with one attached hydrogen (secondary N) is 1. The van der Waals surface area contributed by atoms with Gasteiger partial charge in [-0.3, -0.25) is 4.52 Å². The minimum absolute atomic E-state index is 0.135. The van der Waals surface area contributed by atoms with E-state index in [0.29, 0.717) is 6.08 Å². The van der Waals surface area contributed by atoms with E-state index in [9.17, 15) is 32.5 Å². The van der Waals surface area contributed by atoms with Gasteiger partial charge >= 0.3 is 29.4 Å². The van der Waals surface area contributed by atoms with Crippen LogP contribution in [0.4, 0.5) is 8.78 Å². The van der Waals surface area contributed by atoms with Gasteiger partial charge in [-0.15, -0.1) is 6.58 Å². The van der Waals surface area contributed by atoms with Crippen molar-refractivity contribution < 1.29 is 65.0 Å². The van der Waals surface area contributed by atoms with Crippen molar-refractivity contribution in [2.75, 3.05) is 6.61 Å². The third kappa shape index (κ3) is 6.10. The fourth-order valence-electron chi connectivity index (χ4n) is 2.68. The Labute approximate surface area is 179 Å². The summed E-state index contributed by atoms with van der Waals surface area (Å²) in [4.78, 5) is 36.5. The maximum atomic E-state index is 14.8. The molecule has 0 aromatic carbocycles. The summed E-state index contributed by atoms with van der Waals surface area (Å²) in [6.45, 7) is 5.34. The van der Waals surface area contributed by atoms with Crippen LogP contribution in [0.3, 0.4) is 0 Å². The number of ether oxygens (including phenoxy) is 1. The van der Waals surface area contributed by atoms with Gasteiger partial charge in [-0.05, 0) is 6.08 Å². The molecule has 8 N–H and O–H groups in total. The van der Waals surface area contributed by atoms with E-state index in [1.54, 1.807) is 0 Å². The molecule has 6 atom stereocenters. The summed E-state index contributed by atoms with van der Waals surface area (Å²) < 4.78 is 80.1. The van der Waals surface area contributed by atoms with Gasteiger partial charge in [-0.1, -0.05) is 12.7 Å². The number of halogens is 2. The monoisotopic (exact) mass is 529 g/mol. The molecule has 15 nitrogen and oxygen atoms in total. The first-order chi connectivity index (χ1) is 14.3. The maximum absolute atomic E-state index is 14.8. The van der Waals surface area contributed by atoms with Crippen molar-refractivity contribution in [3.8, 4) is 0 Å². The van der Waals surface area contributed by atoms with Crippen LogP contribution in [0.15, 0.2) is 37.3 Å². The van der Waals surface area contributed by atoms with E-state index in [1.165, 1.54) is 6.08 Å². The highest BCUT2D eigenvalue weighted by Crippen LogP contribution is 2.66. The Balaban J connectivity index is 2.22. The van der Waals surface area contributed by atoms with Crippen molar-refractivity contribution in [1.82, 2.24) is 10.2 Å². The average Bonchev–Trinajstić information content (AvgIpc) is 2.78. The Kier molecular flexibility index (Phi) is 7.62. The molecule has 2 heterocycles. The van der Waals surface area contributed by atoms with Crippen molar-refractivity contribution in [2.24, 2.45) is 5.73 Å². The normalized spacial score (nSPS) is 33.9. The molecular formula is C12H20F2N3O12P3. The van der Waals surface area contributed by atoms with Crippen LogP contribution in [0, 0.1) is 0 Å². The number of phosphoric ester groups is 1. The standard InChI is InChI=1S/C12H20F2N3O12P3/c1-3-11(6-26-31(22,23)29-32(24,25)28-30(19,20)21)9(18)12(13,14)10(27-11)17-5-4-8(15)16-7(17)2/h3-5,8-10,16,18H,1-2,6,15H2,(H,22,23)(H,24,25)(H2,19,20,21)/t8?,9-,10-,11-/m1/s1. The molecule has 3 unspecified atom stereocenters. The molecule has 2 rings (SSSR count). The fraction of sp³-hybridized carbons (Fsp3) is 0.500. The first-order valence-electron chi connectivity index (χ1n) is 8.17. The maximum Gasteiger partial charge on any atom is 0.490 e. The largest absolute Gasteiger partial charge is 0.490 e. The van der Waals surface area contributed by atoms with E-state index in [4.69, 9.17) is 25.2 Å². The van der Waals surface area contributed by atoms with Gasteiger partial charge < -0.3 is 45.4 Å². The summed E-state index contributed by atoms with van der Waals surface area (Å²) in [7, 11) is -17.2. The molecule has 0 aromatic rings. The van der Waals surface area contributed by atoms with Crippen LogP contribution in [0.1, 0.15) is 0 Å². The molecule has 0 aliphatic carbocycles. The van der Waals surface area contributed by atoms with Gasteiger partial charge in [0.1, 0.15) is 11.4 Å². The van der Waals surface area contributed by atoms with Crippen LogP contribution < -0.4 is 11.1 Å². The van der Waals surface area contributed by atoms with Crippen LogP contribution >= 0.6 is 23.5 Å². The summed E-state index contributed by atoms with van der Waals surface area (Å²) in [6, 6.07) is 0. The fourth-order valence-corrected chi connectivity index (χ4v) is 5.74. The van der Waals surface area contributed by atoms with Crippen LogP contribution in [0.5, 0.6) is 0 Å². The summed E-state index contributed by atoms with van der Waals surface area (Å²) in [6.07, 6.45) is -2.71. The lowest BCUT2D eigenvalue weighted by atomic mass is 9.95. The molecule has 32 heavy (non-hydrogen) atoms. The van der Waals surface area contributed by atoms with Gasteiger partial charge in [0.2, 0.25) is 6.23 Å². The Hall–Kier alpha value is -1.03. The molecule has 1 fully saturated rings. The lowest BCUT2D eigenvalue weighted by Crippen LogP contribution is -2.53. The second kappa shape index (κ2) is 8.96. The molecule has 0 saturated carbocycles. The van der Waals surface area contributed by atoms with E-state index >= 15 is 0 Å².